The molecule has 0 spiro atoms. The minimum atomic E-state index is -0.790. The lowest BCUT2D eigenvalue weighted by molar-refractivity contribution is -0.138. The van der Waals surface area contributed by atoms with Crippen molar-refractivity contribution in [1.29, 1.82) is 0 Å². The van der Waals surface area contributed by atoms with E-state index >= 15 is 0 Å². The van der Waals surface area contributed by atoms with E-state index in [2.05, 4.69) is 22.2 Å². The number of likely N-dealkylation sites (tertiary alicyclic amines) is 1. The molecule has 1 aromatic heterocycles. The number of piperazine rings is 1. The molecule has 4 heterocycles. The van der Waals surface area contributed by atoms with E-state index in [0.29, 0.717) is 12.0 Å². The predicted octanol–water partition coefficient (Wildman–Crippen LogP) is 2.29. The summed E-state index contributed by atoms with van der Waals surface area (Å²) >= 11 is 1.63. The Morgan fingerprint density at radius 2 is 1.88 bits per heavy atom. The van der Waals surface area contributed by atoms with E-state index in [1.54, 1.807) is 30.6 Å². The summed E-state index contributed by atoms with van der Waals surface area (Å²) in [4.78, 5) is 50.7. The summed E-state index contributed by atoms with van der Waals surface area (Å²) < 4.78 is 11.1. The average Bonchev–Trinajstić information content (AvgIpc) is 3.65. The van der Waals surface area contributed by atoms with Crippen LogP contribution in [0.4, 0.5) is 5.13 Å². The number of nitrogens with one attached hydrogen (secondary N) is 1. The maximum Gasteiger partial charge on any atom is 0.251 e. The first-order valence-electron chi connectivity index (χ1n) is 13.8. The molecule has 0 radical (unpaired) electrons. The third-order valence-corrected chi connectivity index (χ3v) is 8.75. The third kappa shape index (κ3) is 6.07. The zero-order valence-corrected chi connectivity index (χ0v) is 24.7. The molecular weight excluding hydrogens is 530 g/mol. The number of ether oxygens (including phenoxy) is 2. The van der Waals surface area contributed by atoms with Gasteiger partial charge >= 0.3 is 0 Å². The number of carbonyl (C=O) groups is 3. The van der Waals surface area contributed by atoms with Gasteiger partial charge in [0.15, 0.2) is 10.9 Å². The maximum absolute atomic E-state index is 13.8. The molecular formula is C29H39N5O5S. The number of methoxy groups -OCH3 is 1. The lowest BCUT2D eigenvalue weighted by Gasteiger charge is -2.32. The number of hydrogen-bond acceptors (Lipinski definition) is 9. The molecule has 3 aliphatic rings. The molecule has 40 heavy (non-hydrogen) atoms. The second-order valence-corrected chi connectivity index (χ2v) is 13.0. The fraction of sp³-hybridized carbons (Fsp3) is 0.586. The van der Waals surface area contributed by atoms with E-state index < -0.39 is 18.2 Å². The van der Waals surface area contributed by atoms with Crippen molar-refractivity contribution in [3.05, 3.63) is 35.2 Å². The number of likely N-dealkylation sites (N-methyl/N-ethyl adjacent to an activating group) is 1. The van der Waals surface area contributed by atoms with Gasteiger partial charge in [0.05, 0.1) is 12.2 Å². The number of nitrogens with zero attached hydrogens (tertiary/aromatic N) is 4. The molecule has 216 valence electrons. The molecule has 3 fully saturated rings. The summed E-state index contributed by atoms with van der Waals surface area (Å²) in [5, 5.41) is 6.02. The Morgan fingerprint density at radius 3 is 2.52 bits per heavy atom. The number of amides is 2. The van der Waals surface area contributed by atoms with E-state index in [0.717, 1.165) is 42.6 Å². The third-order valence-electron chi connectivity index (χ3n) is 7.85. The molecule has 3 saturated heterocycles. The smallest absolute Gasteiger partial charge is 0.251 e. The van der Waals surface area contributed by atoms with Crippen molar-refractivity contribution in [2.75, 3.05) is 58.4 Å². The molecule has 4 atom stereocenters. The van der Waals surface area contributed by atoms with E-state index in [4.69, 9.17) is 14.5 Å². The summed E-state index contributed by atoms with van der Waals surface area (Å²) in [6.07, 6.45) is -0.423. The average molecular weight is 570 g/mol. The molecule has 11 heteroatoms. The van der Waals surface area contributed by atoms with Crippen molar-refractivity contribution in [3.8, 4) is 11.3 Å². The lowest BCUT2D eigenvalue weighted by Crippen LogP contribution is -2.53. The lowest BCUT2D eigenvalue weighted by atomic mass is 9.87. The van der Waals surface area contributed by atoms with Gasteiger partial charge in [-0.05, 0) is 31.0 Å². The van der Waals surface area contributed by atoms with Crippen LogP contribution in [-0.2, 0) is 19.1 Å². The van der Waals surface area contributed by atoms with Gasteiger partial charge in [0.1, 0.15) is 30.9 Å². The number of hydrogen-bond donors (Lipinski definition) is 1. The predicted molar refractivity (Wildman–Crippen MR) is 154 cm³/mol. The number of thiazole rings is 1. The van der Waals surface area contributed by atoms with Crippen LogP contribution in [-0.4, -0.2) is 110 Å². The molecule has 0 bridgehead atoms. The monoisotopic (exact) mass is 569 g/mol. The van der Waals surface area contributed by atoms with Crippen LogP contribution in [0.1, 0.15) is 37.6 Å². The van der Waals surface area contributed by atoms with Crippen molar-refractivity contribution in [1.82, 2.24) is 20.1 Å². The quantitative estimate of drug-likeness (QED) is 0.542. The molecule has 0 saturated carbocycles. The normalized spacial score (nSPS) is 24.3. The number of rotatable bonds is 7. The summed E-state index contributed by atoms with van der Waals surface area (Å²) in [5.41, 5.74) is 2.04. The topological polar surface area (TPSA) is 104 Å². The zero-order valence-electron chi connectivity index (χ0n) is 23.9. The van der Waals surface area contributed by atoms with Gasteiger partial charge in [-0.2, -0.15) is 0 Å². The Morgan fingerprint density at radius 1 is 1.18 bits per heavy atom. The summed E-state index contributed by atoms with van der Waals surface area (Å²) in [6, 6.07) is 5.84. The molecule has 2 amide bonds. The van der Waals surface area contributed by atoms with Crippen molar-refractivity contribution in [2.24, 2.45) is 5.41 Å². The van der Waals surface area contributed by atoms with Crippen LogP contribution in [0, 0.1) is 5.41 Å². The van der Waals surface area contributed by atoms with Crippen LogP contribution < -0.4 is 10.2 Å². The van der Waals surface area contributed by atoms with Gasteiger partial charge in [0.2, 0.25) is 5.91 Å². The number of Topliss-reactive ketones (excluding diaryl/α,β-unsaturated/α-hetero) is 1. The van der Waals surface area contributed by atoms with Gasteiger partial charge < -0.3 is 29.5 Å². The molecule has 3 aliphatic heterocycles. The van der Waals surface area contributed by atoms with Gasteiger partial charge in [-0.25, -0.2) is 4.98 Å². The van der Waals surface area contributed by atoms with Crippen LogP contribution in [0.3, 0.4) is 0 Å². The second kappa shape index (κ2) is 11.6. The summed E-state index contributed by atoms with van der Waals surface area (Å²) in [7, 11) is 3.69. The first-order chi connectivity index (χ1) is 19.0. The Kier molecular flexibility index (Phi) is 8.28. The maximum atomic E-state index is 13.8. The SMILES string of the molecule is CO[C@@H]1CN(C(=O)C(CC(C)(C)C)NC(=O)c2ccc(-c3csc(N4CCN(C)CC4)n3)cc2)[C@@H]2C(=O)CO[C@@H]21. The number of ketones is 1. The molecule has 10 nitrogen and oxygen atoms in total. The molecule has 1 unspecified atom stereocenters. The van der Waals surface area contributed by atoms with E-state index in [-0.39, 0.29) is 42.3 Å². The first kappa shape index (κ1) is 28.7. The van der Waals surface area contributed by atoms with Crippen LogP contribution >= 0.6 is 11.3 Å². The Balaban J connectivity index is 1.28. The largest absolute Gasteiger partial charge is 0.377 e. The Bertz CT molecular complexity index is 1230. The van der Waals surface area contributed by atoms with Crippen LogP contribution in [0.2, 0.25) is 0 Å². The van der Waals surface area contributed by atoms with Gasteiger partial charge in [-0.1, -0.05) is 32.9 Å². The fourth-order valence-electron chi connectivity index (χ4n) is 5.63. The standard InChI is InChI=1S/C29H39N5O5S/c1-29(2,3)14-20(27(37)34-15-23(38-5)25-24(34)22(35)16-39-25)30-26(36)19-8-6-18(7-9-19)21-17-40-28(31-21)33-12-10-32(4)11-13-33/h6-9,17,20,23-25H,10-16H2,1-5H3,(H,30,36)/t20?,23-,24-,25-/m1/s1. The molecule has 0 aliphatic carbocycles. The van der Waals surface area contributed by atoms with Crippen molar-refractivity contribution >= 4 is 34.1 Å². The first-order valence-corrected chi connectivity index (χ1v) is 14.7. The number of aromatic nitrogens is 1. The van der Waals surface area contributed by atoms with Gasteiger partial charge in [-0.15, -0.1) is 11.3 Å². The van der Waals surface area contributed by atoms with Gasteiger partial charge in [-0.3, -0.25) is 14.4 Å². The highest BCUT2D eigenvalue weighted by Crippen LogP contribution is 2.32. The molecule has 1 N–H and O–H groups in total. The number of carbonyl (C=O) groups excluding carboxylic acids is 3. The van der Waals surface area contributed by atoms with Crippen molar-refractivity contribution in [2.45, 2.75) is 51.5 Å². The van der Waals surface area contributed by atoms with Crippen LogP contribution in [0.25, 0.3) is 11.3 Å². The Hall–Kier alpha value is -2.86. The highest BCUT2D eigenvalue weighted by atomic mass is 32.1. The zero-order chi connectivity index (χ0) is 28.6. The highest BCUT2D eigenvalue weighted by Gasteiger charge is 2.53. The van der Waals surface area contributed by atoms with E-state index in [9.17, 15) is 14.4 Å². The molecule has 1 aromatic carbocycles. The van der Waals surface area contributed by atoms with Crippen LogP contribution in [0.15, 0.2) is 29.6 Å². The number of benzene rings is 1. The summed E-state index contributed by atoms with van der Waals surface area (Å²) in [5.74, 6) is -0.752. The summed E-state index contributed by atoms with van der Waals surface area (Å²) in [6.45, 7) is 10.3. The molecule has 5 rings (SSSR count). The van der Waals surface area contributed by atoms with Crippen molar-refractivity contribution < 1.29 is 23.9 Å². The molecule has 2 aromatic rings. The fourth-order valence-corrected chi connectivity index (χ4v) is 6.52. The second-order valence-electron chi connectivity index (χ2n) is 12.1. The van der Waals surface area contributed by atoms with Gasteiger partial charge in [0.25, 0.3) is 5.91 Å². The van der Waals surface area contributed by atoms with Gasteiger partial charge in [0, 0.05) is 49.8 Å². The van der Waals surface area contributed by atoms with E-state index in [1.165, 1.54) is 4.90 Å². The minimum Gasteiger partial charge on any atom is -0.377 e. The number of anilines is 1. The van der Waals surface area contributed by atoms with Crippen molar-refractivity contribution in [3.63, 3.8) is 0 Å². The van der Waals surface area contributed by atoms with Crippen LogP contribution in [0.5, 0.6) is 0 Å². The highest BCUT2D eigenvalue weighted by molar-refractivity contribution is 7.14. The van der Waals surface area contributed by atoms with E-state index in [1.807, 2.05) is 38.3 Å². The number of fused-ring (bicyclic) bond motifs is 1. The Labute approximate surface area is 239 Å². The minimum absolute atomic E-state index is 0.0303.